The van der Waals surface area contributed by atoms with Crippen molar-refractivity contribution < 1.29 is 33.5 Å². The Morgan fingerprint density at radius 3 is 2.50 bits per heavy atom. The molecule has 0 aliphatic carbocycles. The van der Waals surface area contributed by atoms with Crippen molar-refractivity contribution in [3.05, 3.63) is 57.6 Å². The fourth-order valence-corrected chi connectivity index (χ4v) is 3.52. The van der Waals surface area contributed by atoms with Crippen molar-refractivity contribution >= 4 is 23.3 Å². The van der Waals surface area contributed by atoms with E-state index in [-0.39, 0.29) is 11.3 Å². The van der Waals surface area contributed by atoms with E-state index in [1.165, 1.54) is 18.2 Å². The quantitative estimate of drug-likeness (QED) is 0.313. The van der Waals surface area contributed by atoms with E-state index in [1.807, 2.05) is 17.0 Å². The van der Waals surface area contributed by atoms with Crippen molar-refractivity contribution in [1.29, 1.82) is 0 Å². The van der Waals surface area contributed by atoms with Gasteiger partial charge in [-0.1, -0.05) is 6.07 Å². The van der Waals surface area contributed by atoms with Gasteiger partial charge < -0.3 is 29.2 Å². The highest BCUT2D eigenvalue weighted by atomic mass is 16.6. The molecule has 1 fully saturated rings. The lowest BCUT2D eigenvalue weighted by atomic mass is 10.1. The third kappa shape index (κ3) is 6.35. The van der Waals surface area contributed by atoms with Crippen LogP contribution in [0, 0.1) is 10.1 Å². The van der Waals surface area contributed by atoms with Gasteiger partial charge in [-0.05, 0) is 30.2 Å². The fourth-order valence-electron chi connectivity index (χ4n) is 3.52. The van der Waals surface area contributed by atoms with Crippen molar-refractivity contribution in [2.75, 3.05) is 58.6 Å². The Bertz CT molecular complexity index is 1040. The Kier molecular flexibility index (Phi) is 8.63. The van der Waals surface area contributed by atoms with Crippen LogP contribution in [0.4, 0.5) is 11.4 Å². The topological polar surface area (TPSA) is 129 Å². The molecule has 1 amide bonds. The standard InChI is InChI=1S/C23H27N3O8/c1-31-20-6-3-16(13-21(20)32-2)7-8-24-22(27)15-34-23(28)18-14-17(26(29)30)4-5-19(18)25-9-11-33-12-10-25/h3-6,13-14H,7-12,15H2,1-2H3,(H,24,27). The Morgan fingerprint density at radius 2 is 1.82 bits per heavy atom. The Morgan fingerprint density at radius 1 is 1.09 bits per heavy atom. The number of amides is 1. The third-order valence-corrected chi connectivity index (χ3v) is 5.28. The lowest BCUT2D eigenvalue weighted by molar-refractivity contribution is -0.384. The summed E-state index contributed by atoms with van der Waals surface area (Å²) in [7, 11) is 3.10. The Labute approximate surface area is 196 Å². The maximum Gasteiger partial charge on any atom is 0.341 e. The van der Waals surface area contributed by atoms with E-state index in [4.69, 9.17) is 18.9 Å². The zero-order valence-corrected chi connectivity index (χ0v) is 19.1. The number of non-ortho nitro benzene ring substituents is 1. The normalized spacial score (nSPS) is 13.2. The van der Waals surface area contributed by atoms with E-state index in [1.54, 1.807) is 20.3 Å². The number of ether oxygens (including phenoxy) is 4. The number of nitrogens with one attached hydrogen (secondary N) is 1. The number of hydrogen-bond acceptors (Lipinski definition) is 9. The molecular weight excluding hydrogens is 446 g/mol. The molecule has 1 aliphatic rings. The number of hydrogen-bond donors (Lipinski definition) is 1. The molecule has 182 valence electrons. The molecule has 0 spiro atoms. The molecule has 34 heavy (non-hydrogen) atoms. The van der Waals surface area contributed by atoms with Gasteiger partial charge in [0.05, 0.1) is 43.6 Å². The number of rotatable bonds is 10. The lowest BCUT2D eigenvalue weighted by Gasteiger charge is -2.30. The first kappa shape index (κ1) is 24.8. The molecule has 0 radical (unpaired) electrons. The zero-order chi connectivity index (χ0) is 24.5. The van der Waals surface area contributed by atoms with E-state index in [0.717, 1.165) is 5.56 Å². The number of nitrogens with zero attached hydrogens (tertiary/aromatic N) is 2. The number of carbonyl (C=O) groups excluding carboxylic acids is 2. The van der Waals surface area contributed by atoms with Gasteiger partial charge in [-0.3, -0.25) is 14.9 Å². The number of morpholine rings is 1. The highest BCUT2D eigenvalue weighted by Crippen LogP contribution is 2.28. The summed E-state index contributed by atoms with van der Waals surface area (Å²) in [5.41, 5.74) is 1.24. The molecule has 1 saturated heterocycles. The highest BCUT2D eigenvalue weighted by molar-refractivity contribution is 5.97. The van der Waals surface area contributed by atoms with Gasteiger partial charge in [0.2, 0.25) is 0 Å². The summed E-state index contributed by atoms with van der Waals surface area (Å²) in [4.78, 5) is 37.4. The molecule has 1 heterocycles. The van der Waals surface area contributed by atoms with Gasteiger partial charge in [-0.2, -0.15) is 0 Å². The van der Waals surface area contributed by atoms with Gasteiger partial charge in [0.15, 0.2) is 18.1 Å². The number of esters is 1. The molecular formula is C23H27N3O8. The predicted molar refractivity (Wildman–Crippen MR) is 123 cm³/mol. The maximum absolute atomic E-state index is 12.7. The average molecular weight is 473 g/mol. The van der Waals surface area contributed by atoms with Crippen LogP contribution in [0.15, 0.2) is 36.4 Å². The summed E-state index contributed by atoms with van der Waals surface area (Å²) in [5.74, 6) is -0.0829. The maximum atomic E-state index is 12.7. The molecule has 3 rings (SSSR count). The number of nitro groups is 1. The van der Waals surface area contributed by atoms with Crippen molar-refractivity contribution in [2.45, 2.75) is 6.42 Å². The van der Waals surface area contributed by atoms with Gasteiger partial charge >= 0.3 is 5.97 Å². The van der Waals surface area contributed by atoms with Crippen LogP contribution in [0.1, 0.15) is 15.9 Å². The van der Waals surface area contributed by atoms with Crippen LogP contribution in [0.5, 0.6) is 11.5 Å². The minimum absolute atomic E-state index is 0.0363. The van der Waals surface area contributed by atoms with Gasteiger partial charge in [0.25, 0.3) is 11.6 Å². The van der Waals surface area contributed by atoms with E-state index in [9.17, 15) is 19.7 Å². The predicted octanol–water partition coefficient (Wildman–Crippen LogP) is 1.96. The van der Waals surface area contributed by atoms with Crippen LogP contribution >= 0.6 is 0 Å². The summed E-state index contributed by atoms with van der Waals surface area (Å²) in [6.45, 7) is 1.85. The van der Waals surface area contributed by atoms with Crippen LogP contribution in [0.2, 0.25) is 0 Å². The molecule has 1 N–H and O–H groups in total. The van der Waals surface area contributed by atoms with Crippen LogP contribution < -0.4 is 19.7 Å². The molecule has 1 aliphatic heterocycles. The molecule has 2 aromatic rings. The number of anilines is 1. The summed E-state index contributed by atoms with van der Waals surface area (Å²) in [6, 6.07) is 9.49. The monoisotopic (exact) mass is 473 g/mol. The van der Waals surface area contributed by atoms with Crippen molar-refractivity contribution in [3.8, 4) is 11.5 Å². The smallest absolute Gasteiger partial charge is 0.341 e. The van der Waals surface area contributed by atoms with Gasteiger partial charge in [-0.15, -0.1) is 0 Å². The second-order valence-corrected chi connectivity index (χ2v) is 7.42. The molecule has 0 aromatic heterocycles. The molecule has 11 nitrogen and oxygen atoms in total. The summed E-state index contributed by atoms with van der Waals surface area (Å²) >= 11 is 0. The molecule has 2 aromatic carbocycles. The van der Waals surface area contributed by atoms with Crippen LogP contribution in [-0.2, 0) is 20.7 Å². The first-order valence-corrected chi connectivity index (χ1v) is 10.7. The van der Waals surface area contributed by atoms with Crippen molar-refractivity contribution in [2.24, 2.45) is 0 Å². The largest absolute Gasteiger partial charge is 0.493 e. The SMILES string of the molecule is COc1ccc(CCNC(=O)COC(=O)c2cc([N+](=O)[O-])ccc2N2CCOCC2)cc1OC. The van der Waals surface area contributed by atoms with E-state index in [0.29, 0.717) is 56.5 Å². The van der Waals surface area contributed by atoms with Crippen molar-refractivity contribution in [1.82, 2.24) is 5.32 Å². The van der Waals surface area contributed by atoms with Crippen LogP contribution in [-0.4, -0.2) is 70.5 Å². The number of benzene rings is 2. The minimum atomic E-state index is -0.805. The summed E-state index contributed by atoms with van der Waals surface area (Å²) < 4.78 is 20.9. The van der Waals surface area contributed by atoms with Crippen LogP contribution in [0.3, 0.4) is 0 Å². The van der Waals surface area contributed by atoms with Gasteiger partial charge in [0.1, 0.15) is 0 Å². The van der Waals surface area contributed by atoms with Gasteiger partial charge in [-0.25, -0.2) is 4.79 Å². The van der Waals surface area contributed by atoms with Gasteiger partial charge in [0, 0.05) is 31.8 Å². The highest BCUT2D eigenvalue weighted by Gasteiger charge is 2.23. The Hall–Kier alpha value is -3.86. The van der Waals surface area contributed by atoms with Crippen LogP contribution in [0.25, 0.3) is 0 Å². The summed E-state index contributed by atoms with van der Waals surface area (Å²) in [5, 5.41) is 13.9. The average Bonchev–Trinajstić information content (AvgIpc) is 2.87. The van der Waals surface area contributed by atoms with Crippen molar-refractivity contribution in [3.63, 3.8) is 0 Å². The fraction of sp³-hybridized carbons (Fsp3) is 0.391. The van der Waals surface area contributed by atoms with E-state index in [2.05, 4.69) is 5.32 Å². The Balaban J connectivity index is 1.56. The molecule has 0 atom stereocenters. The van der Waals surface area contributed by atoms with E-state index < -0.39 is 23.4 Å². The first-order valence-electron chi connectivity index (χ1n) is 10.7. The number of nitro benzene ring substituents is 1. The first-order chi connectivity index (χ1) is 16.4. The number of methoxy groups -OCH3 is 2. The molecule has 0 unspecified atom stereocenters. The van der Waals surface area contributed by atoms with E-state index >= 15 is 0 Å². The minimum Gasteiger partial charge on any atom is -0.493 e. The lowest BCUT2D eigenvalue weighted by Crippen LogP contribution is -2.37. The zero-order valence-electron chi connectivity index (χ0n) is 19.1. The molecule has 0 bridgehead atoms. The number of carbonyl (C=O) groups is 2. The second-order valence-electron chi connectivity index (χ2n) is 7.42. The molecule has 0 saturated carbocycles. The second kappa shape index (κ2) is 11.8. The third-order valence-electron chi connectivity index (χ3n) is 5.28. The molecule has 11 heteroatoms. The summed E-state index contributed by atoms with van der Waals surface area (Å²) in [6.07, 6.45) is 0.534.